The monoisotopic (exact) mass is 311 g/mol. The molecule has 1 aromatic heterocycles. The lowest BCUT2D eigenvalue weighted by Gasteiger charge is -2.09. The highest BCUT2D eigenvalue weighted by Crippen LogP contribution is 2.23. The van der Waals surface area contributed by atoms with Gasteiger partial charge < -0.3 is 5.32 Å². The minimum Gasteiger partial charge on any atom is -0.378 e. The molecular formula is C13H15BrFN3. The molecule has 18 heavy (non-hydrogen) atoms. The Kier molecular flexibility index (Phi) is 4.01. The van der Waals surface area contributed by atoms with E-state index < -0.39 is 0 Å². The van der Waals surface area contributed by atoms with Gasteiger partial charge in [0, 0.05) is 11.0 Å². The third kappa shape index (κ3) is 2.90. The van der Waals surface area contributed by atoms with Crippen molar-refractivity contribution in [1.82, 2.24) is 9.78 Å². The summed E-state index contributed by atoms with van der Waals surface area (Å²) in [5, 5.41) is 7.58. The molecular weight excluding hydrogens is 297 g/mol. The molecule has 1 heterocycles. The predicted octanol–water partition coefficient (Wildman–Crippen LogP) is 3.73. The fraction of sp³-hybridized carbons (Fsp3) is 0.308. The van der Waals surface area contributed by atoms with Gasteiger partial charge in [0.05, 0.1) is 23.6 Å². The topological polar surface area (TPSA) is 29.9 Å². The Balaban J connectivity index is 2.13. The maximum atomic E-state index is 13.1. The van der Waals surface area contributed by atoms with Crippen LogP contribution in [-0.2, 0) is 13.1 Å². The number of rotatable bonds is 4. The average molecular weight is 312 g/mol. The minimum atomic E-state index is -0.249. The first kappa shape index (κ1) is 13.1. The first-order valence-corrected chi connectivity index (χ1v) is 6.61. The molecule has 1 aromatic carbocycles. The van der Waals surface area contributed by atoms with E-state index >= 15 is 0 Å². The van der Waals surface area contributed by atoms with Crippen molar-refractivity contribution in [2.45, 2.75) is 26.9 Å². The summed E-state index contributed by atoms with van der Waals surface area (Å²) in [6.45, 7) is 5.47. The Morgan fingerprint density at radius 2 is 2.17 bits per heavy atom. The van der Waals surface area contributed by atoms with E-state index in [1.807, 2.05) is 24.6 Å². The molecule has 0 amide bonds. The van der Waals surface area contributed by atoms with Crippen LogP contribution in [-0.4, -0.2) is 9.78 Å². The molecule has 0 radical (unpaired) electrons. The fourth-order valence-electron chi connectivity index (χ4n) is 1.83. The molecule has 96 valence electrons. The molecule has 0 aliphatic heterocycles. The fourth-order valence-corrected chi connectivity index (χ4v) is 2.22. The number of benzene rings is 1. The Morgan fingerprint density at radius 3 is 2.89 bits per heavy atom. The molecule has 0 atom stereocenters. The van der Waals surface area contributed by atoms with Crippen molar-refractivity contribution in [2.75, 3.05) is 5.32 Å². The lowest BCUT2D eigenvalue weighted by molar-refractivity contribution is 0.621. The Morgan fingerprint density at radius 1 is 1.39 bits per heavy atom. The van der Waals surface area contributed by atoms with Gasteiger partial charge in [-0.1, -0.05) is 0 Å². The number of aromatic nitrogens is 2. The van der Waals surface area contributed by atoms with E-state index in [0.29, 0.717) is 6.54 Å². The van der Waals surface area contributed by atoms with E-state index in [4.69, 9.17) is 0 Å². The van der Waals surface area contributed by atoms with Crippen LogP contribution >= 0.6 is 15.9 Å². The lowest BCUT2D eigenvalue weighted by atomic mass is 10.3. The zero-order valence-corrected chi connectivity index (χ0v) is 12.0. The minimum absolute atomic E-state index is 0.249. The summed E-state index contributed by atoms with van der Waals surface area (Å²) in [4.78, 5) is 0. The largest absolute Gasteiger partial charge is 0.378 e. The van der Waals surface area contributed by atoms with Crippen molar-refractivity contribution in [3.8, 4) is 0 Å². The predicted molar refractivity (Wildman–Crippen MR) is 74.1 cm³/mol. The second kappa shape index (κ2) is 5.52. The second-order valence-electron chi connectivity index (χ2n) is 4.07. The zero-order chi connectivity index (χ0) is 13.1. The summed E-state index contributed by atoms with van der Waals surface area (Å²) in [7, 11) is 0. The van der Waals surface area contributed by atoms with E-state index in [1.165, 1.54) is 12.1 Å². The van der Waals surface area contributed by atoms with Crippen molar-refractivity contribution in [3.63, 3.8) is 0 Å². The van der Waals surface area contributed by atoms with E-state index in [2.05, 4.69) is 26.3 Å². The highest BCUT2D eigenvalue weighted by Gasteiger charge is 2.06. The first-order valence-electron chi connectivity index (χ1n) is 5.82. The molecule has 0 aliphatic carbocycles. The van der Waals surface area contributed by atoms with Crippen molar-refractivity contribution in [2.24, 2.45) is 0 Å². The average Bonchev–Trinajstić information content (AvgIpc) is 2.71. The van der Waals surface area contributed by atoms with Crippen LogP contribution in [0.3, 0.4) is 0 Å². The maximum Gasteiger partial charge on any atom is 0.125 e. The molecule has 0 saturated carbocycles. The molecule has 0 aliphatic rings. The quantitative estimate of drug-likeness (QED) is 0.932. The number of halogens is 2. The summed E-state index contributed by atoms with van der Waals surface area (Å²) >= 11 is 3.39. The SMILES string of the molecule is CCn1nc(C)cc1CNc1cc(F)ccc1Br. The number of nitrogens with one attached hydrogen (secondary N) is 1. The summed E-state index contributed by atoms with van der Waals surface area (Å²) in [5.41, 5.74) is 2.83. The Bertz CT molecular complexity index is 551. The number of aryl methyl sites for hydroxylation is 2. The molecule has 0 spiro atoms. The number of anilines is 1. The first-order chi connectivity index (χ1) is 8.60. The van der Waals surface area contributed by atoms with Gasteiger partial charge in [-0.25, -0.2) is 4.39 Å². The lowest BCUT2D eigenvalue weighted by Crippen LogP contribution is -2.08. The Hall–Kier alpha value is -1.36. The molecule has 3 nitrogen and oxygen atoms in total. The van der Waals surface area contributed by atoms with Crippen LogP contribution in [0.15, 0.2) is 28.7 Å². The van der Waals surface area contributed by atoms with Crippen molar-refractivity contribution in [3.05, 3.63) is 45.9 Å². The third-order valence-electron chi connectivity index (χ3n) is 2.67. The molecule has 0 fully saturated rings. The van der Waals surface area contributed by atoms with Crippen LogP contribution in [0.1, 0.15) is 18.3 Å². The molecule has 0 saturated heterocycles. The van der Waals surface area contributed by atoms with Crippen LogP contribution in [0.4, 0.5) is 10.1 Å². The standard InChI is InChI=1S/C13H15BrFN3/c1-3-18-11(6-9(2)17-18)8-16-13-7-10(15)4-5-12(13)14/h4-7,16H,3,8H2,1-2H3. The van der Waals surface area contributed by atoms with Crippen LogP contribution < -0.4 is 5.32 Å². The molecule has 5 heteroatoms. The van der Waals surface area contributed by atoms with E-state index in [-0.39, 0.29) is 5.82 Å². The van der Waals surface area contributed by atoms with Gasteiger partial charge in [-0.15, -0.1) is 0 Å². The van der Waals surface area contributed by atoms with E-state index in [9.17, 15) is 4.39 Å². The highest BCUT2D eigenvalue weighted by molar-refractivity contribution is 9.10. The normalized spacial score (nSPS) is 10.7. The number of hydrogen-bond donors (Lipinski definition) is 1. The number of nitrogens with zero attached hydrogens (tertiary/aromatic N) is 2. The van der Waals surface area contributed by atoms with Crippen LogP contribution in [0, 0.1) is 12.7 Å². The summed E-state index contributed by atoms with van der Waals surface area (Å²) in [6, 6.07) is 6.63. The zero-order valence-electron chi connectivity index (χ0n) is 10.4. The summed E-state index contributed by atoms with van der Waals surface area (Å²) < 4.78 is 15.9. The van der Waals surface area contributed by atoms with Crippen LogP contribution in [0.5, 0.6) is 0 Å². The third-order valence-corrected chi connectivity index (χ3v) is 3.36. The van der Waals surface area contributed by atoms with Gasteiger partial charge in [-0.2, -0.15) is 5.10 Å². The van der Waals surface area contributed by atoms with E-state index in [0.717, 1.165) is 28.1 Å². The molecule has 2 aromatic rings. The molecule has 0 bridgehead atoms. The molecule has 0 unspecified atom stereocenters. The van der Waals surface area contributed by atoms with Gasteiger partial charge in [-0.05, 0) is 54.0 Å². The van der Waals surface area contributed by atoms with Crippen LogP contribution in [0.2, 0.25) is 0 Å². The number of hydrogen-bond acceptors (Lipinski definition) is 2. The van der Waals surface area contributed by atoms with Crippen molar-refractivity contribution < 1.29 is 4.39 Å². The molecule has 2 rings (SSSR count). The van der Waals surface area contributed by atoms with Crippen molar-refractivity contribution >= 4 is 21.6 Å². The highest BCUT2D eigenvalue weighted by atomic mass is 79.9. The van der Waals surface area contributed by atoms with Crippen molar-refractivity contribution in [1.29, 1.82) is 0 Å². The van der Waals surface area contributed by atoms with Gasteiger partial charge in [0.15, 0.2) is 0 Å². The van der Waals surface area contributed by atoms with Gasteiger partial charge in [-0.3, -0.25) is 4.68 Å². The van der Waals surface area contributed by atoms with Gasteiger partial charge in [0.25, 0.3) is 0 Å². The van der Waals surface area contributed by atoms with Gasteiger partial charge in [0.1, 0.15) is 5.82 Å². The van der Waals surface area contributed by atoms with Crippen LogP contribution in [0.25, 0.3) is 0 Å². The molecule has 1 N–H and O–H groups in total. The Labute approximate surface area is 114 Å². The van der Waals surface area contributed by atoms with E-state index in [1.54, 1.807) is 6.07 Å². The van der Waals surface area contributed by atoms with Gasteiger partial charge >= 0.3 is 0 Å². The second-order valence-corrected chi connectivity index (χ2v) is 4.92. The summed E-state index contributed by atoms with van der Waals surface area (Å²) in [6.07, 6.45) is 0. The van der Waals surface area contributed by atoms with Gasteiger partial charge in [0.2, 0.25) is 0 Å². The summed E-state index contributed by atoms with van der Waals surface area (Å²) in [5.74, 6) is -0.249. The maximum absolute atomic E-state index is 13.1. The smallest absolute Gasteiger partial charge is 0.125 e.